The van der Waals surface area contributed by atoms with E-state index in [0.29, 0.717) is 21.1 Å². The molecule has 0 atom stereocenters. The maximum Gasteiger partial charge on any atom is 0.435 e. The van der Waals surface area contributed by atoms with Crippen LogP contribution < -0.4 is 5.32 Å². The SMILES string of the molecule is Cc1ccc(S(=O)(=O)n2ccc3cc(Nc4ncc(Br)c(-n5nc(C(F)(F)F)cc5C)n4)ccc32)cc1. The van der Waals surface area contributed by atoms with Gasteiger partial charge < -0.3 is 5.32 Å². The van der Waals surface area contributed by atoms with Crippen LogP contribution in [0.25, 0.3) is 16.7 Å². The van der Waals surface area contributed by atoms with E-state index in [0.717, 1.165) is 16.3 Å². The number of fused-ring (bicyclic) bond motifs is 1. The molecule has 0 saturated heterocycles. The number of alkyl halides is 3. The van der Waals surface area contributed by atoms with E-state index in [4.69, 9.17) is 0 Å². The summed E-state index contributed by atoms with van der Waals surface area (Å²) in [5.41, 5.74) is 1.21. The van der Waals surface area contributed by atoms with Crippen molar-refractivity contribution in [3.63, 3.8) is 0 Å². The normalized spacial score (nSPS) is 12.3. The lowest BCUT2D eigenvalue weighted by atomic mass is 10.2. The molecule has 3 aromatic heterocycles. The second-order valence-corrected chi connectivity index (χ2v) is 10.9. The molecule has 3 heterocycles. The van der Waals surface area contributed by atoms with Crippen LogP contribution in [0.2, 0.25) is 0 Å². The van der Waals surface area contributed by atoms with Gasteiger partial charge in [-0.1, -0.05) is 17.7 Å². The summed E-state index contributed by atoms with van der Waals surface area (Å²) in [7, 11) is -3.79. The lowest BCUT2D eigenvalue weighted by Crippen LogP contribution is -2.11. The van der Waals surface area contributed by atoms with Crippen molar-refractivity contribution < 1.29 is 21.6 Å². The molecule has 5 rings (SSSR count). The van der Waals surface area contributed by atoms with Crippen molar-refractivity contribution in [2.45, 2.75) is 24.9 Å². The van der Waals surface area contributed by atoms with Gasteiger partial charge >= 0.3 is 6.18 Å². The molecule has 0 aliphatic carbocycles. The number of nitrogens with zero attached hydrogens (tertiary/aromatic N) is 5. The number of aromatic nitrogens is 5. The molecule has 2 aromatic carbocycles. The van der Waals surface area contributed by atoms with Crippen molar-refractivity contribution in [3.05, 3.63) is 88.4 Å². The molecule has 0 fully saturated rings. The Morgan fingerprint density at radius 1 is 1.00 bits per heavy atom. The lowest BCUT2D eigenvalue weighted by Gasteiger charge is -2.11. The number of anilines is 2. The Hall–Kier alpha value is -3.71. The largest absolute Gasteiger partial charge is 0.435 e. The first-order valence-corrected chi connectivity index (χ1v) is 13.0. The highest BCUT2D eigenvalue weighted by Gasteiger charge is 2.35. The van der Waals surface area contributed by atoms with Gasteiger partial charge in [0.25, 0.3) is 10.0 Å². The van der Waals surface area contributed by atoms with E-state index in [9.17, 15) is 21.6 Å². The fourth-order valence-corrected chi connectivity index (χ4v) is 5.46. The summed E-state index contributed by atoms with van der Waals surface area (Å²) in [4.78, 5) is 8.69. The van der Waals surface area contributed by atoms with Crippen molar-refractivity contribution in [2.24, 2.45) is 0 Å². The van der Waals surface area contributed by atoms with E-state index in [-0.39, 0.29) is 22.4 Å². The monoisotopic (exact) mass is 590 g/mol. The molecule has 0 saturated carbocycles. The molecule has 13 heteroatoms. The Balaban J connectivity index is 1.46. The Morgan fingerprint density at radius 3 is 2.41 bits per heavy atom. The van der Waals surface area contributed by atoms with Crippen LogP contribution in [-0.4, -0.2) is 32.1 Å². The van der Waals surface area contributed by atoms with Gasteiger partial charge in [0.1, 0.15) is 0 Å². The van der Waals surface area contributed by atoms with Gasteiger partial charge in [0.15, 0.2) is 11.5 Å². The van der Waals surface area contributed by atoms with Gasteiger partial charge in [-0.3, -0.25) is 0 Å². The van der Waals surface area contributed by atoms with E-state index >= 15 is 0 Å². The second kappa shape index (κ2) is 8.99. The molecular formula is C24H18BrF3N6O2S. The number of aryl methyl sites for hydroxylation is 2. The van der Waals surface area contributed by atoms with Gasteiger partial charge in [-0.15, -0.1) is 0 Å². The number of rotatable bonds is 5. The van der Waals surface area contributed by atoms with E-state index < -0.39 is 21.9 Å². The average molecular weight is 591 g/mol. The first-order chi connectivity index (χ1) is 17.4. The quantitative estimate of drug-likeness (QED) is 0.270. The van der Waals surface area contributed by atoms with Crippen molar-refractivity contribution >= 4 is 48.5 Å². The zero-order valence-electron chi connectivity index (χ0n) is 19.3. The number of halogens is 4. The highest BCUT2D eigenvalue weighted by molar-refractivity contribution is 9.10. The zero-order valence-corrected chi connectivity index (χ0v) is 21.7. The molecule has 190 valence electrons. The van der Waals surface area contributed by atoms with Gasteiger partial charge in [0, 0.05) is 29.2 Å². The Morgan fingerprint density at radius 2 is 1.73 bits per heavy atom. The molecule has 0 amide bonds. The number of hydrogen-bond donors (Lipinski definition) is 1. The van der Waals surface area contributed by atoms with Gasteiger partial charge in [0.2, 0.25) is 5.95 Å². The average Bonchev–Trinajstić information content (AvgIpc) is 3.44. The van der Waals surface area contributed by atoms with Gasteiger partial charge in [-0.05, 0) is 72.2 Å². The summed E-state index contributed by atoms with van der Waals surface area (Å²) in [5.74, 6) is 0.245. The van der Waals surface area contributed by atoms with Crippen LogP contribution in [0.5, 0.6) is 0 Å². The maximum atomic E-state index is 13.1. The summed E-state index contributed by atoms with van der Waals surface area (Å²) in [6.45, 7) is 3.37. The minimum absolute atomic E-state index is 0.118. The number of hydrogen-bond acceptors (Lipinski definition) is 6. The van der Waals surface area contributed by atoms with Gasteiger partial charge in [-0.2, -0.15) is 23.3 Å². The fraction of sp³-hybridized carbons (Fsp3) is 0.125. The summed E-state index contributed by atoms with van der Waals surface area (Å²) in [5, 5.41) is 7.30. The first kappa shape index (κ1) is 25.0. The summed E-state index contributed by atoms with van der Waals surface area (Å²) in [6, 6.07) is 14.2. The van der Waals surface area contributed by atoms with Crippen LogP contribution in [0.15, 0.2) is 76.4 Å². The molecule has 0 aliphatic rings. The van der Waals surface area contributed by atoms with Crippen LogP contribution in [-0.2, 0) is 16.2 Å². The van der Waals surface area contributed by atoms with Crippen molar-refractivity contribution in [1.82, 2.24) is 23.7 Å². The van der Waals surface area contributed by atoms with Gasteiger partial charge in [-0.25, -0.2) is 22.1 Å². The lowest BCUT2D eigenvalue weighted by molar-refractivity contribution is -0.141. The molecule has 1 N–H and O–H groups in total. The molecular weight excluding hydrogens is 573 g/mol. The topological polar surface area (TPSA) is 94.7 Å². The predicted octanol–water partition coefficient (Wildman–Crippen LogP) is 6.00. The van der Waals surface area contributed by atoms with Crippen molar-refractivity contribution in [1.29, 1.82) is 0 Å². The Bertz CT molecular complexity index is 1740. The molecule has 0 aliphatic heterocycles. The highest BCUT2D eigenvalue weighted by Crippen LogP contribution is 2.31. The van der Waals surface area contributed by atoms with E-state index in [1.165, 1.54) is 23.3 Å². The molecule has 0 unspecified atom stereocenters. The molecule has 0 spiro atoms. The third-order valence-corrected chi connectivity index (χ3v) is 7.86. The van der Waals surface area contributed by atoms with E-state index in [1.807, 2.05) is 6.92 Å². The highest BCUT2D eigenvalue weighted by atomic mass is 79.9. The third kappa shape index (κ3) is 4.71. The zero-order chi connectivity index (χ0) is 26.5. The maximum absolute atomic E-state index is 13.1. The molecule has 37 heavy (non-hydrogen) atoms. The fourth-order valence-electron chi connectivity index (χ4n) is 3.75. The molecule has 0 bridgehead atoms. The van der Waals surface area contributed by atoms with E-state index in [2.05, 4.69) is 36.3 Å². The van der Waals surface area contributed by atoms with Crippen molar-refractivity contribution in [2.75, 3.05) is 5.32 Å². The smallest absolute Gasteiger partial charge is 0.324 e. The van der Waals surface area contributed by atoms with Crippen LogP contribution >= 0.6 is 15.9 Å². The van der Waals surface area contributed by atoms with Crippen LogP contribution in [0.3, 0.4) is 0 Å². The summed E-state index contributed by atoms with van der Waals surface area (Å²) >= 11 is 3.27. The summed E-state index contributed by atoms with van der Waals surface area (Å²) in [6.07, 6.45) is -1.70. The third-order valence-electron chi connectivity index (χ3n) is 5.59. The van der Waals surface area contributed by atoms with Crippen LogP contribution in [0.4, 0.5) is 24.8 Å². The van der Waals surface area contributed by atoms with Gasteiger partial charge in [0.05, 0.1) is 14.9 Å². The van der Waals surface area contributed by atoms with E-state index in [1.54, 1.807) is 48.5 Å². The Labute approximate surface area is 218 Å². The summed E-state index contributed by atoms with van der Waals surface area (Å²) < 4.78 is 68.2. The predicted molar refractivity (Wildman–Crippen MR) is 136 cm³/mol. The van der Waals surface area contributed by atoms with Crippen LogP contribution in [0.1, 0.15) is 17.0 Å². The number of nitrogens with one attached hydrogen (secondary N) is 1. The molecule has 8 nitrogen and oxygen atoms in total. The Kier molecular flexibility index (Phi) is 6.07. The van der Waals surface area contributed by atoms with Crippen LogP contribution in [0, 0.1) is 13.8 Å². The molecule has 0 radical (unpaired) electrons. The first-order valence-electron chi connectivity index (χ1n) is 10.8. The second-order valence-electron chi connectivity index (χ2n) is 8.27. The molecule has 5 aromatic rings. The minimum Gasteiger partial charge on any atom is -0.324 e. The number of benzene rings is 2. The minimum atomic E-state index is -4.59. The van der Waals surface area contributed by atoms with Crippen molar-refractivity contribution in [3.8, 4) is 5.82 Å². The standard InChI is InChI=1S/C24H18BrF3N6O2S/c1-14-3-6-18(7-4-14)37(35,36)33-10-9-16-12-17(5-8-20(16)33)30-23-29-13-19(25)22(31-23)34-15(2)11-21(32-34)24(26,27)28/h3-13H,1-2H3,(H,29,30,31).